The molecule has 5 heteroatoms. The summed E-state index contributed by atoms with van der Waals surface area (Å²) in [6.45, 7) is 5.03. The Morgan fingerprint density at radius 1 is 1.26 bits per heavy atom. The topological polar surface area (TPSA) is 38.7 Å². The van der Waals surface area contributed by atoms with Crippen molar-refractivity contribution in [3.8, 4) is 11.5 Å². The van der Waals surface area contributed by atoms with E-state index < -0.39 is 0 Å². The summed E-state index contributed by atoms with van der Waals surface area (Å²) in [7, 11) is 0. The third-order valence-corrected chi connectivity index (χ3v) is 3.04. The highest BCUT2D eigenvalue weighted by Gasteiger charge is 2.09. The maximum absolute atomic E-state index is 9.29. The average Bonchev–Trinajstić information content (AvgIpc) is 2.36. The van der Waals surface area contributed by atoms with E-state index in [2.05, 4.69) is 0 Å². The summed E-state index contributed by atoms with van der Waals surface area (Å²) in [5.74, 6) is 1.38. The van der Waals surface area contributed by atoms with Crippen molar-refractivity contribution in [1.82, 2.24) is 0 Å². The molecule has 0 fully saturated rings. The number of benzene rings is 1. The number of phenols is 1. The maximum Gasteiger partial charge on any atom is 0.156 e. The lowest BCUT2D eigenvalue weighted by Gasteiger charge is -2.11. The largest absolute Gasteiger partial charge is 0.508 e. The Kier molecular flexibility index (Phi) is 6.89. The van der Waals surface area contributed by atoms with Crippen LogP contribution in [0.15, 0.2) is 24.0 Å². The van der Waals surface area contributed by atoms with Gasteiger partial charge in [0.2, 0.25) is 0 Å². The van der Waals surface area contributed by atoms with Crippen LogP contribution in [-0.2, 0) is 4.74 Å². The third kappa shape index (κ3) is 5.21. The molecular weight excluding hydrogens is 287 g/mol. The number of aromatic hydroxyl groups is 1. The lowest BCUT2D eigenvalue weighted by atomic mass is 10.3. The Morgan fingerprint density at radius 2 is 1.89 bits per heavy atom. The van der Waals surface area contributed by atoms with Crippen molar-refractivity contribution in [1.29, 1.82) is 0 Å². The summed E-state index contributed by atoms with van der Waals surface area (Å²) >= 11 is 11.9. The van der Waals surface area contributed by atoms with E-state index in [-0.39, 0.29) is 5.75 Å². The summed E-state index contributed by atoms with van der Waals surface area (Å²) < 4.78 is 11.0. The van der Waals surface area contributed by atoms with E-state index in [4.69, 9.17) is 32.7 Å². The van der Waals surface area contributed by atoms with Crippen LogP contribution in [0.25, 0.3) is 0 Å². The van der Waals surface area contributed by atoms with Crippen LogP contribution in [0.1, 0.15) is 26.7 Å². The predicted octanol–water partition coefficient (Wildman–Crippen LogP) is 4.80. The van der Waals surface area contributed by atoms with Gasteiger partial charge < -0.3 is 14.6 Å². The van der Waals surface area contributed by atoms with Gasteiger partial charge in [0.05, 0.1) is 29.0 Å². The maximum atomic E-state index is 9.29. The minimum Gasteiger partial charge on any atom is -0.508 e. The molecule has 1 aromatic carbocycles. The number of phenolic OH excluding ortho intramolecular Hbond substituents is 1. The van der Waals surface area contributed by atoms with Gasteiger partial charge in [0.15, 0.2) is 5.75 Å². The van der Waals surface area contributed by atoms with Gasteiger partial charge >= 0.3 is 0 Å². The Labute approximate surface area is 123 Å². The first kappa shape index (κ1) is 16.0. The molecule has 0 aromatic heterocycles. The van der Waals surface area contributed by atoms with Crippen molar-refractivity contribution in [3.63, 3.8) is 0 Å². The second-order valence-electron chi connectivity index (χ2n) is 3.90. The molecule has 106 valence electrons. The zero-order valence-corrected chi connectivity index (χ0v) is 12.6. The van der Waals surface area contributed by atoms with E-state index in [0.29, 0.717) is 29.0 Å². The Balaban J connectivity index is 2.38. The molecular formula is C14H18Cl2O3. The fourth-order valence-electron chi connectivity index (χ4n) is 1.51. The second kappa shape index (κ2) is 8.18. The summed E-state index contributed by atoms with van der Waals surface area (Å²) in [6, 6.07) is 2.79. The molecule has 3 nitrogen and oxygen atoms in total. The number of rotatable bonds is 7. The highest BCUT2D eigenvalue weighted by molar-refractivity contribution is 6.37. The molecule has 0 radical (unpaired) electrons. The van der Waals surface area contributed by atoms with Crippen LogP contribution in [0.2, 0.25) is 10.0 Å². The molecule has 0 aliphatic heterocycles. The molecule has 19 heavy (non-hydrogen) atoms. The molecule has 0 saturated heterocycles. The number of ether oxygens (including phenoxy) is 2. The highest BCUT2D eigenvalue weighted by atomic mass is 35.5. The standard InChI is InChI=1S/C14H18Cl2O3/c1-3-11(4-2)18-6-5-7-19-14-12(15)8-10(17)9-13(14)16/h3,8-9,17H,4-7H2,1-2H3. The summed E-state index contributed by atoms with van der Waals surface area (Å²) in [6.07, 6.45) is 3.56. The van der Waals surface area contributed by atoms with Gasteiger partial charge in [-0.3, -0.25) is 0 Å². The Morgan fingerprint density at radius 3 is 2.42 bits per heavy atom. The van der Waals surface area contributed by atoms with E-state index in [1.165, 1.54) is 12.1 Å². The highest BCUT2D eigenvalue weighted by Crippen LogP contribution is 2.36. The van der Waals surface area contributed by atoms with E-state index >= 15 is 0 Å². The van der Waals surface area contributed by atoms with Crippen molar-refractivity contribution in [2.75, 3.05) is 13.2 Å². The number of halogens is 2. The van der Waals surface area contributed by atoms with Crippen molar-refractivity contribution >= 4 is 23.2 Å². The molecule has 0 aliphatic rings. The summed E-state index contributed by atoms with van der Waals surface area (Å²) in [4.78, 5) is 0. The van der Waals surface area contributed by atoms with Crippen LogP contribution in [-0.4, -0.2) is 18.3 Å². The summed E-state index contributed by atoms with van der Waals surface area (Å²) in [5, 5.41) is 9.89. The number of hydrogen-bond acceptors (Lipinski definition) is 3. The quantitative estimate of drug-likeness (QED) is 0.581. The average molecular weight is 305 g/mol. The fourth-order valence-corrected chi connectivity index (χ4v) is 2.09. The van der Waals surface area contributed by atoms with Crippen molar-refractivity contribution in [3.05, 3.63) is 34.0 Å². The molecule has 0 unspecified atom stereocenters. The number of hydrogen-bond donors (Lipinski definition) is 1. The first-order valence-corrected chi connectivity index (χ1v) is 6.92. The van der Waals surface area contributed by atoms with Crippen LogP contribution in [0.5, 0.6) is 11.5 Å². The lowest BCUT2D eigenvalue weighted by Crippen LogP contribution is -2.03. The van der Waals surface area contributed by atoms with Crippen molar-refractivity contribution in [2.45, 2.75) is 26.7 Å². The molecule has 0 amide bonds. The molecule has 0 heterocycles. The van der Waals surface area contributed by atoms with Crippen LogP contribution in [0, 0.1) is 0 Å². The molecule has 0 saturated carbocycles. The van der Waals surface area contributed by atoms with Gasteiger partial charge in [0.25, 0.3) is 0 Å². The number of allylic oxidation sites excluding steroid dienone is 2. The van der Waals surface area contributed by atoms with E-state index in [0.717, 1.165) is 18.6 Å². The van der Waals surface area contributed by atoms with E-state index in [9.17, 15) is 5.11 Å². The normalized spacial score (nSPS) is 11.5. The predicted molar refractivity (Wildman–Crippen MR) is 78.2 cm³/mol. The Bertz CT molecular complexity index is 421. The first-order valence-electron chi connectivity index (χ1n) is 6.17. The molecule has 1 rings (SSSR count). The minimum absolute atomic E-state index is 0.0198. The first-order chi connectivity index (χ1) is 9.08. The van der Waals surface area contributed by atoms with Gasteiger partial charge in [-0.15, -0.1) is 0 Å². The van der Waals surface area contributed by atoms with Gasteiger partial charge in [-0.1, -0.05) is 30.1 Å². The van der Waals surface area contributed by atoms with Crippen molar-refractivity contribution in [2.24, 2.45) is 0 Å². The molecule has 1 N–H and O–H groups in total. The monoisotopic (exact) mass is 304 g/mol. The van der Waals surface area contributed by atoms with Crippen LogP contribution < -0.4 is 4.74 Å². The van der Waals surface area contributed by atoms with Gasteiger partial charge in [-0.05, 0) is 13.0 Å². The van der Waals surface area contributed by atoms with Crippen LogP contribution in [0.3, 0.4) is 0 Å². The molecule has 1 aromatic rings. The zero-order valence-electron chi connectivity index (χ0n) is 11.1. The minimum atomic E-state index is 0.0198. The zero-order chi connectivity index (χ0) is 14.3. The van der Waals surface area contributed by atoms with E-state index in [1.807, 2.05) is 19.9 Å². The third-order valence-electron chi connectivity index (χ3n) is 2.48. The lowest BCUT2D eigenvalue weighted by molar-refractivity contribution is 0.177. The van der Waals surface area contributed by atoms with Crippen LogP contribution in [0.4, 0.5) is 0 Å². The smallest absolute Gasteiger partial charge is 0.156 e. The van der Waals surface area contributed by atoms with Gasteiger partial charge in [0, 0.05) is 25.0 Å². The van der Waals surface area contributed by atoms with Crippen molar-refractivity contribution < 1.29 is 14.6 Å². The molecule has 0 aliphatic carbocycles. The van der Waals surface area contributed by atoms with Crippen LogP contribution >= 0.6 is 23.2 Å². The van der Waals surface area contributed by atoms with E-state index in [1.54, 1.807) is 0 Å². The summed E-state index contributed by atoms with van der Waals surface area (Å²) in [5.41, 5.74) is 0. The van der Waals surface area contributed by atoms with Gasteiger partial charge in [0.1, 0.15) is 5.75 Å². The Hall–Kier alpha value is -1.06. The second-order valence-corrected chi connectivity index (χ2v) is 4.71. The molecule has 0 spiro atoms. The van der Waals surface area contributed by atoms with Gasteiger partial charge in [-0.25, -0.2) is 0 Å². The molecule has 0 atom stereocenters. The SMILES string of the molecule is CC=C(CC)OCCCOc1c(Cl)cc(O)cc1Cl. The molecule has 0 bridgehead atoms. The van der Waals surface area contributed by atoms with Gasteiger partial charge in [-0.2, -0.15) is 0 Å². The fraction of sp³-hybridized carbons (Fsp3) is 0.429.